The quantitative estimate of drug-likeness (QED) is 0.854. The number of likely N-dealkylation sites (tertiary alicyclic amines) is 1. The number of aromatic nitrogens is 4. The maximum atomic E-state index is 13.4. The molecular weight excluding hydrogens is 330 g/mol. The fourth-order valence-electron chi connectivity index (χ4n) is 2.93. The Labute approximate surface area is 134 Å². The summed E-state index contributed by atoms with van der Waals surface area (Å²) in [7, 11) is 0. The minimum absolute atomic E-state index is 0.0291. The zero-order valence-corrected chi connectivity index (χ0v) is 12.5. The van der Waals surface area contributed by atoms with E-state index < -0.39 is 24.6 Å². The Balaban J connectivity index is 1.80. The number of tetrazole rings is 1. The number of β-amino-alcohol motifs (C(OH)–C–C–N with tert-alkyl or cyclic N) is 1. The molecule has 10 heteroatoms. The smallest absolute Gasteiger partial charge is 0.392 e. The average molecular weight is 345 g/mol. The van der Waals surface area contributed by atoms with Crippen LogP contribution in [0.1, 0.15) is 23.9 Å². The minimum Gasteiger partial charge on any atom is -0.392 e. The van der Waals surface area contributed by atoms with Crippen molar-refractivity contribution in [3.63, 3.8) is 0 Å². The number of halogens is 4. The molecule has 0 radical (unpaired) electrons. The van der Waals surface area contributed by atoms with Crippen molar-refractivity contribution in [3.8, 4) is 0 Å². The van der Waals surface area contributed by atoms with Gasteiger partial charge in [0.25, 0.3) is 0 Å². The maximum absolute atomic E-state index is 13.4. The van der Waals surface area contributed by atoms with Gasteiger partial charge >= 0.3 is 6.18 Å². The summed E-state index contributed by atoms with van der Waals surface area (Å²) in [5.41, 5.74) is 0.654. The Morgan fingerprint density at radius 1 is 1.29 bits per heavy atom. The summed E-state index contributed by atoms with van der Waals surface area (Å²) in [4.78, 5) is 1.75. The number of rotatable bonds is 4. The molecule has 1 saturated heterocycles. The predicted octanol–water partition coefficient (Wildman–Crippen LogP) is 1.68. The lowest BCUT2D eigenvalue weighted by atomic mass is 10.0. The molecule has 1 N–H and O–H groups in total. The van der Waals surface area contributed by atoms with Crippen molar-refractivity contribution in [2.24, 2.45) is 0 Å². The number of hydrogen-bond acceptors (Lipinski definition) is 5. The summed E-state index contributed by atoms with van der Waals surface area (Å²) >= 11 is 0. The number of hydrogen-bond donors (Lipinski definition) is 1. The first kappa shape index (κ1) is 16.8. The molecule has 1 aromatic heterocycles. The number of benzene rings is 1. The SMILES string of the molecule is OC1CC(c2cccc(F)c2)N(Cc2nnnn2CC(F)(F)F)C1. The summed E-state index contributed by atoms with van der Waals surface area (Å²) < 4.78 is 51.8. The highest BCUT2D eigenvalue weighted by atomic mass is 19.4. The van der Waals surface area contributed by atoms with E-state index in [1.54, 1.807) is 17.0 Å². The Morgan fingerprint density at radius 3 is 2.79 bits per heavy atom. The van der Waals surface area contributed by atoms with Gasteiger partial charge in [0, 0.05) is 12.6 Å². The summed E-state index contributed by atoms with van der Waals surface area (Å²) in [6.07, 6.45) is -4.72. The molecule has 0 bridgehead atoms. The molecule has 0 saturated carbocycles. The molecule has 2 atom stereocenters. The van der Waals surface area contributed by atoms with Gasteiger partial charge in [-0.25, -0.2) is 9.07 Å². The van der Waals surface area contributed by atoms with Crippen molar-refractivity contribution >= 4 is 0 Å². The molecule has 3 rings (SSSR count). The van der Waals surface area contributed by atoms with E-state index in [2.05, 4.69) is 15.5 Å². The highest BCUT2D eigenvalue weighted by Gasteiger charge is 2.35. The number of aliphatic hydroxyl groups excluding tert-OH is 1. The fraction of sp³-hybridized carbons (Fsp3) is 0.500. The number of alkyl halides is 3. The Morgan fingerprint density at radius 2 is 2.08 bits per heavy atom. The van der Waals surface area contributed by atoms with E-state index in [9.17, 15) is 22.7 Å². The summed E-state index contributed by atoms with van der Waals surface area (Å²) in [5, 5.41) is 20.2. The molecule has 2 unspecified atom stereocenters. The molecule has 24 heavy (non-hydrogen) atoms. The first-order valence-electron chi connectivity index (χ1n) is 7.31. The lowest BCUT2D eigenvalue weighted by Gasteiger charge is -2.24. The lowest BCUT2D eigenvalue weighted by Crippen LogP contribution is -2.28. The van der Waals surface area contributed by atoms with E-state index in [4.69, 9.17) is 0 Å². The van der Waals surface area contributed by atoms with Crippen molar-refractivity contribution in [2.45, 2.75) is 37.8 Å². The van der Waals surface area contributed by atoms with Crippen LogP contribution in [0.25, 0.3) is 0 Å². The van der Waals surface area contributed by atoms with Gasteiger partial charge in [-0.1, -0.05) is 12.1 Å². The molecule has 1 aliphatic rings. The van der Waals surface area contributed by atoms with Gasteiger partial charge in [-0.2, -0.15) is 13.2 Å². The molecule has 0 amide bonds. The third-order valence-corrected chi connectivity index (χ3v) is 3.89. The van der Waals surface area contributed by atoms with Gasteiger partial charge in [0.15, 0.2) is 5.82 Å². The second-order valence-electron chi connectivity index (χ2n) is 5.76. The number of nitrogens with zero attached hydrogens (tertiary/aromatic N) is 5. The lowest BCUT2D eigenvalue weighted by molar-refractivity contribution is -0.143. The molecule has 0 aliphatic carbocycles. The second kappa shape index (κ2) is 6.44. The van der Waals surface area contributed by atoms with Crippen LogP contribution in [-0.2, 0) is 13.1 Å². The highest BCUT2D eigenvalue weighted by Crippen LogP contribution is 2.33. The fourth-order valence-corrected chi connectivity index (χ4v) is 2.93. The van der Waals surface area contributed by atoms with Gasteiger partial charge in [-0.05, 0) is 34.5 Å². The van der Waals surface area contributed by atoms with Gasteiger partial charge in [0.2, 0.25) is 0 Å². The van der Waals surface area contributed by atoms with Crippen molar-refractivity contribution in [1.82, 2.24) is 25.1 Å². The van der Waals surface area contributed by atoms with Crippen LogP contribution in [0, 0.1) is 5.82 Å². The normalized spacial score (nSPS) is 22.2. The van der Waals surface area contributed by atoms with Crippen molar-refractivity contribution in [2.75, 3.05) is 6.54 Å². The van der Waals surface area contributed by atoms with Crippen LogP contribution in [0.4, 0.5) is 17.6 Å². The molecule has 1 aliphatic heterocycles. The van der Waals surface area contributed by atoms with Gasteiger partial charge in [0.05, 0.1) is 12.6 Å². The highest BCUT2D eigenvalue weighted by molar-refractivity contribution is 5.21. The Bertz CT molecular complexity index is 704. The van der Waals surface area contributed by atoms with E-state index in [-0.39, 0.29) is 25.0 Å². The molecule has 1 aromatic carbocycles. The van der Waals surface area contributed by atoms with Crippen LogP contribution in [-0.4, -0.2) is 49.0 Å². The van der Waals surface area contributed by atoms with E-state index in [0.717, 1.165) is 0 Å². The van der Waals surface area contributed by atoms with Gasteiger partial charge in [-0.3, -0.25) is 4.90 Å². The van der Waals surface area contributed by atoms with Crippen LogP contribution in [0.3, 0.4) is 0 Å². The largest absolute Gasteiger partial charge is 0.408 e. The minimum atomic E-state index is -4.43. The maximum Gasteiger partial charge on any atom is 0.408 e. The van der Waals surface area contributed by atoms with Crippen LogP contribution < -0.4 is 0 Å². The first-order chi connectivity index (χ1) is 11.3. The molecule has 130 valence electrons. The Hall–Kier alpha value is -2.07. The zero-order chi connectivity index (χ0) is 17.3. The van der Waals surface area contributed by atoms with E-state index >= 15 is 0 Å². The third kappa shape index (κ3) is 3.88. The molecule has 6 nitrogen and oxygen atoms in total. The zero-order valence-electron chi connectivity index (χ0n) is 12.5. The van der Waals surface area contributed by atoms with Gasteiger partial charge in [-0.15, -0.1) is 5.10 Å². The standard InChI is InChI=1S/C14H15F4N5O/c15-10-3-1-2-9(4-10)12-5-11(24)6-22(12)7-13-19-20-21-23(13)8-14(16,17)18/h1-4,11-12,24H,5-8H2. The first-order valence-corrected chi connectivity index (χ1v) is 7.31. The molecular formula is C14H15F4N5O. The van der Waals surface area contributed by atoms with Crippen LogP contribution in [0.2, 0.25) is 0 Å². The van der Waals surface area contributed by atoms with Gasteiger partial charge < -0.3 is 5.11 Å². The average Bonchev–Trinajstić information content (AvgIpc) is 3.05. The monoisotopic (exact) mass is 345 g/mol. The van der Waals surface area contributed by atoms with Crippen molar-refractivity contribution in [3.05, 3.63) is 41.5 Å². The van der Waals surface area contributed by atoms with Gasteiger partial charge in [0.1, 0.15) is 12.4 Å². The molecule has 2 aromatic rings. The van der Waals surface area contributed by atoms with E-state index in [0.29, 0.717) is 16.7 Å². The topological polar surface area (TPSA) is 67.1 Å². The summed E-state index contributed by atoms with van der Waals surface area (Å²) in [6, 6.07) is 5.63. The summed E-state index contributed by atoms with van der Waals surface area (Å²) in [6.45, 7) is -1.00. The molecule has 2 heterocycles. The molecule has 1 fully saturated rings. The molecule has 0 spiro atoms. The number of aliphatic hydroxyl groups is 1. The summed E-state index contributed by atoms with van der Waals surface area (Å²) in [5.74, 6) is -0.362. The van der Waals surface area contributed by atoms with Crippen molar-refractivity contribution < 1.29 is 22.7 Å². The van der Waals surface area contributed by atoms with Crippen LogP contribution in [0.5, 0.6) is 0 Å². The van der Waals surface area contributed by atoms with Crippen LogP contribution >= 0.6 is 0 Å². The second-order valence-corrected chi connectivity index (χ2v) is 5.76. The Kier molecular flexibility index (Phi) is 4.50. The van der Waals surface area contributed by atoms with Crippen molar-refractivity contribution in [1.29, 1.82) is 0 Å². The predicted molar refractivity (Wildman–Crippen MR) is 74.0 cm³/mol. The third-order valence-electron chi connectivity index (χ3n) is 3.89. The van der Waals surface area contributed by atoms with E-state index in [1.807, 2.05) is 0 Å². The van der Waals surface area contributed by atoms with E-state index in [1.165, 1.54) is 12.1 Å². The van der Waals surface area contributed by atoms with Crippen LogP contribution in [0.15, 0.2) is 24.3 Å².